The van der Waals surface area contributed by atoms with Crippen LogP contribution in [-0.2, 0) is 19.4 Å². The number of anilines is 1. The number of hydrogen-bond acceptors (Lipinski definition) is 6. The summed E-state index contributed by atoms with van der Waals surface area (Å²) in [5.74, 6) is 0.364. The van der Waals surface area contributed by atoms with Crippen LogP contribution in [0.5, 0.6) is 0 Å². The third kappa shape index (κ3) is 3.09. The molecular weight excluding hydrogens is 409 g/mol. The van der Waals surface area contributed by atoms with Crippen molar-refractivity contribution in [2.45, 2.75) is 31.9 Å². The molecule has 4 aromatic heterocycles. The Balaban J connectivity index is 1.40. The highest BCUT2D eigenvalue weighted by Gasteiger charge is 2.24. The molecule has 0 amide bonds. The number of aromatic nitrogens is 6. The lowest BCUT2D eigenvalue weighted by Crippen LogP contribution is -2.29. The first kappa shape index (κ1) is 18.9. The van der Waals surface area contributed by atoms with Gasteiger partial charge in [-0.1, -0.05) is 18.2 Å². The van der Waals surface area contributed by atoms with E-state index >= 15 is 0 Å². The molecule has 4 heterocycles. The summed E-state index contributed by atoms with van der Waals surface area (Å²) in [7, 11) is 0. The van der Waals surface area contributed by atoms with Gasteiger partial charge in [0.1, 0.15) is 5.82 Å². The van der Waals surface area contributed by atoms with Crippen molar-refractivity contribution in [1.29, 1.82) is 0 Å². The molecule has 3 N–H and O–H groups in total. The number of hydrogen-bond donors (Lipinski definition) is 3. The van der Waals surface area contributed by atoms with E-state index in [4.69, 9.17) is 0 Å². The van der Waals surface area contributed by atoms with Crippen molar-refractivity contribution in [2.75, 3.05) is 5.32 Å². The molecule has 5 aromatic rings. The van der Waals surface area contributed by atoms with Crippen molar-refractivity contribution in [3.8, 4) is 11.4 Å². The van der Waals surface area contributed by atoms with Crippen LogP contribution in [0.4, 0.5) is 10.3 Å². The number of benzene rings is 1. The fraction of sp³-hybridized carbons (Fsp3) is 0.217. The number of pyridine rings is 1. The minimum atomic E-state index is -0.462. The van der Waals surface area contributed by atoms with E-state index in [9.17, 15) is 9.50 Å². The number of aliphatic hydroxyl groups is 1. The van der Waals surface area contributed by atoms with Crippen LogP contribution in [0.15, 0.2) is 48.9 Å². The SMILES string of the molecule is OCc1cnn2c(NC3CCc4[nH]c5ccccc5c4C3)nc(-c3cncc(F)c3)nc12. The highest BCUT2D eigenvalue weighted by atomic mass is 19.1. The maximum Gasteiger partial charge on any atom is 0.228 e. The van der Waals surface area contributed by atoms with Gasteiger partial charge in [-0.05, 0) is 37.0 Å². The lowest BCUT2D eigenvalue weighted by atomic mass is 9.91. The van der Waals surface area contributed by atoms with Gasteiger partial charge in [-0.15, -0.1) is 0 Å². The summed E-state index contributed by atoms with van der Waals surface area (Å²) < 4.78 is 15.4. The highest BCUT2D eigenvalue weighted by Crippen LogP contribution is 2.30. The lowest BCUT2D eigenvalue weighted by molar-refractivity contribution is 0.283. The van der Waals surface area contributed by atoms with E-state index in [1.54, 1.807) is 10.7 Å². The quantitative estimate of drug-likeness (QED) is 0.405. The molecule has 0 aliphatic heterocycles. The third-order valence-corrected chi connectivity index (χ3v) is 6.00. The predicted octanol–water partition coefficient (Wildman–Crippen LogP) is 3.27. The maximum atomic E-state index is 13.8. The highest BCUT2D eigenvalue weighted by molar-refractivity contribution is 5.85. The number of fused-ring (bicyclic) bond motifs is 4. The van der Waals surface area contributed by atoms with Crippen LogP contribution in [0.1, 0.15) is 23.2 Å². The van der Waals surface area contributed by atoms with Crippen molar-refractivity contribution in [1.82, 2.24) is 29.5 Å². The Morgan fingerprint density at radius 2 is 2.09 bits per heavy atom. The first-order valence-electron chi connectivity index (χ1n) is 10.5. The standard InChI is InChI=1S/C23H20FN7O/c24-15-7-13(9-25-11-15)21-29-22-14(12-32)10-26-31(22)23(30-21)27-16-5-6-20-18(8-16)17-3-1-2-4-19(17)28-20/h1-4,7,9-11,16,28,32H,5-6,8,12H2,(H,27,29,30). The monoisotopic (exact) mass is 429 g/mol. The molecule has 1 atom stereocenters. The molecule has 0 fully saturated rings. The van der Waals surface area contributed by atoms with Crippen LogP contribution in [0.2, 0.25) is 0 Å². The Bertz CT molecular complexity index is 1460. The van der Waals surface area contributed by atoms with E-state index in [0.29, 0.717) is 28.5 Å². The van der Waals surface area contributed by atoms with Crippen LogP contribution < -0.4 is 5.32 Å². The Hall–Kier alpha value is -3.85. The van der Waals surface area contributed by atoms with Gasteiger partial charge in [0.15, 0.2) is 11.5 Å². The van der Waals surface area contributed by atoms with Gasteiger partial charge in [0.25, 0.3) is 0 Å². The number of para-hydroxylation sites is 1. The van der Waals surface area contributed by atoms with Crippen LogP contribution in [0.25, 0.3) is 27.9 Å². The molecule has 6 rings (SSSR count). The summed E-state index contributed by atoms with van der Waals surface area (Å²) in [6.45, 7) is -0.205. The van der Waals surface area contributed by atoms with Crippen LogP contribution in [0, 0.1) is 5.82 Å². The Kier molecular flexibility index (Phi) is 4.36. The fourth-order valence-corrected chi connectivity index (χ4v) is 4.47. The van der Waals surface area contributed by atoms with Gasteiger partial charge in [0, 0.05) is 40.0 Å². The van der Waals surface area contributed by atoms with Crippen molar-refractivity contribution in [3.63, 3.8) is 0 Å². The normalized spacial score (nSPS) is 15.9. The topological polar surface area (TPSA) is 104 Å². The van der Waals surface area contributed by atoms with Crippen molar-refractivity contribution in [3.05, 3.63) is 71.6 Å². The second-order valence-electron chi connectivity index (χ2n) is 8.04. The summed E-state index contributed by atoms with van der Waals surface area (Å²) in [5.41, 5.74) is 5.27. The third-order valence-electron chi connectivity index (χ3n) is 6.00. The molecule has 0 bridgehead atoms. The smallest absolute Gasteiger partial charge is 0.228 e. The van der Waals surface area contributed by atoms with Gasteiger partial charge in [-0.25, -0.2) is 9.37 Å². The molecular formula is C23H20FN7O. The van der Waals surface area contributed by atoms with Gasteiger partial charge in [0.05, 0.1) is 19.0 Å². The molecule has 1 unspecified atom stereocenters. The summed E-state index contributed by atoms with van der Waals surface area (Å²) in [6.07, 6.45) is 6.93. The largest absolute Gasteiger partial charge is 0.391 e. The van der Waals surface area contributed by atoms with Crippen molar-refractivity contribution in [2.24, 2.45) is 0 Å². The summed E-state index contributed by atoms with van der Waals surface area (Å²) >= 11 is 0. The van der Waals surface area contributed by atoms with Gasteiger partial charge in [-0.2, -0.15) is 14.6 Å². The fourth-order valence-electron chi connectivity index (χ4n) is 4.47. The molecule has 0 spiro atoms. The Labute approximate surface area is 182 Å². The van der Waals surface area contributed by atoms with Crippen molar-refractivity contribution >= 4 is 22.5 Å². The molecule has 1 aromatic carbocycles. The Morgan fingerprint density at radius 1 is 1.19 bits per heavy atom. The maximum absolute atomic E-state index is 13.8. The molecule has 32 heavy (non-hydrogen) atoms. The average Bonchev–Trinajstić information content (AvgIpc) is 3.40. The number of aromatic amines is 1. The number of nitrogens with one attached hydrogen (secondary N) is 2. The summed E-state index contributed by atoms with van der Waals surface area (Å²) in [5, 5.41) is 18.8. The Morgan fingerprint density at radius 3 is 2.97 bits per heavy atom. The molecule has 0 saturated carbocycles. The second kappa shape index (κ2) is 7.38. The van der Waals surface area contributed by atoms with E-state index in [1.165, 1.54) is 28.9 Å². The first-order chi connectivity index (χ1) is 15.7. The number of halogens is 1. The van der Waals surface area contributed by atoms with Gasteiger partial charge >= 0.3 is 0 Å². The van der Waals surface area contributed by atoms with E-state index in [2.05, 4.69) is 48.6 Å². The van der Waals surface area contributed by atoms with Crippen LogP contribution in [0.3, 0.4) is 0 Å². The van der Waals surface area contributed by atoms with Crippen LogP contribution >= 0.6 is 0 Å². The van der Waals surface area contributed by atoms with E-state index in [-0.39, 0.29) is 12.6 Å². The number of aryl methyl sites for hydroxylation is 1. The summed E-state index contributed by atoms with van der Waals surface area (Å²) in [6, 6.07) is 9.82. The zero-order valence-corrected chi connectivity index (χ0v) is 17.1. The molecule has 0 radical (unpaired) electrons. The minimum absolute atomic E-state index is 0.139. The zero-order chi connectivity index (χ0) is 21.7. The number of H-pyrrole nitrogens is 1. The van der Waals surface area contributed by atoms with Crippen LogP contribution in [-0.4, -0.2) is 40.7 Å². The predicted molar refractivity (Wildman–Crippen MR) is 118 cm³/mol. The summed E-state index contributed by atoms with van der Waals surface area (Å²) in [4.78, 5) is 16.6. The lowest BCUT2D eigenvalue weighted by Gasteiger charge is -2.24. The minimum Gasteiger partial charge on any atom is -0.391 e. The van der Waals surface area contributed by atoms with E-state index in [0.717, 1.165) is 31.0 Å². The number of aliphatic hydroxyl groups excluding tert-OH is 1. The number of rotatable bonds is 4. The number of nitrogens with zero attached hydrogens (tertiary/aromatic N) is 5. The van der Waals surface area contributed by atoms with Crippen molar-refractivity contribution < 1.29 is 9.50 Å². The average molecular weight is 429 g/mol. The van der Waals surface area contributed by atoms with E-state index < -0.39 is 5.82 Å². The van der Waals surface area contributed by atoms with Gasteiger partial charge < -0.3 is 15.4 Å². The molecule has 1 aliphatic rings. The van der Waals surface area contributed by atoms with Gasteiger partial charge in [-0.3, -0.25) is 4.98 Å². The zero-order valence-electron chi connectivity index (χ0n) is 17.1. The molecule has 0 saturated heterocycles. The first-order valence-corrected chi connectivity index (χ1v) is 10.5. The van der Waals surface area contributed by atoms with E-state index in [1.807, 2.05) is 6.07 Å². The molecule has 160 valence electrons. The molecule has 1 aliphatic carbocycles. The second-order valence-corrected chi connectivity index (χ2v) is 8.04. The van der Waals surface area contributed by atoms with Gasteiger partial charge in [0.2, 0.25) is 5.95 Å². The molecule has 9 heteroatoms. The molecule has 8 nitrogen and oxygen atoms in total.